The van der Waals surface area contributed by atoms with Crippen molar-refractivity contribution in [3.63, 3.8) is 0 Å². The summed E-state index contributed by atoms with van der Waals surface area (Å²) in [6.07, 6.45) is 2.95. The van der Waals surface area contributed by atoms with Crippen molar-refractivity contribution in [1.82, 2.24) is 15.0 Å². The maximum Gasteiger partial charge on any atom is 0.251 e. The summed E-state index contributed by atoms with van der Waals surface area (Å²) >= 11 is 0. The molecule has 1 heterocycles. The molecule has 0 radical (unpaired) electrons. The average Bonchev–Trinajstić information content (AvgIpc) is 2.77. The summed E-state index contributed by atoms with van der Waals surface area (Å²) in [5, 5.41) is 2.71. The molecule has 2 aromatic carbocycles. The molecule has 3 aromatic rings. The van der Waals surface area contributed by atoms with Crippen molar-refractivity contribution >= 4 is 15.9 Å². The Morgan fingerprint density at radius 3 is 2.65 bits per heavy atom. The number of rotatable bonds is 9. The molecule has 0 saturated heterocycles. The van der Waals surface area contributed by atoms with Gasteiger partial charge in [-0.2, -0.15) is 0 Å². The number of nitrogens with one attached hydrogen (secondary N) is 2. The van der Waals surface area contributed by atoms with Gasteiger partial charge in [-0.05, 0) is 35.9 Å². The smallest absolute Gasteiger partial charge is 0.251 e. The SMILES string of the molecule is C=CCNS(=O)(=O)c1cccc(C(=O)NCc2ccc(Oc3cccc(F)c3)nc2)c1. The van der Waals surface area contributed by atoms with Crippen LogP contribution in [0.25, 0.3) is 0 Å². The van der Waals surface area contributed by atoms with Crippen LogP contribution in [0.5, 0.6) is 11.6 Å². The number of carbonyl (C=O) groups is 1. The molecule has 0 fully saturated rings. The Hall–Kier alpha value is -3.56. The highest BCUT2D eigenvalue weighted by atomic mass is 32.2. The van der Waals surface area contributed by atoms with Crippen LogP contribution in [0, 0.1) is 5.82 Å². The van der Waals surface area contributed by atoms with Gasteiger partial charge < -0.3 is 10.1 Å². The van der Waals surface area contributed by atoms with Gasteiger partial charge in [0.05, 0.1) is 4.90 Å². The Balaban J connectivity index is 1.60. The van der Waals surface area contributed by atoms with Gasteiger partial charge in [0.2, 0.25) is 15.9 Å². The van der Waals surface area contributed by atoms with E-state index < -0.39 is 21.7 Å². The molecular formula is C22H20FN3O4S. The van der Waals surface area contributed by atoms with Gasteiger partial charge in [0.1, 0.15) is 11.6 Å². The maximum atomic E-state index is 13.2. The Kier molecular flexibility index (Phi) is 7.11. The summed E-state index contributed by atoms with van der Waals surface area (Å²) in [7, 11) is -3.73. The lowest BCUT2D eigenvalue weighted by Crippen LogP contribution is -2.25. The Bertz CT molecular complexity index is 1180. The molecule has 0 aliphatic heterocycles. The molecule has 1 aromatic heterocycles. The first-order chi connectivity index (χ1) is 14.9. The van der Waals surface area contributed by atoms with Crippen LogP contribution >= 0.6 is 0 Å². The Morgan fingerprint density at radius 2 is 1.94 bits per heavy atom. The number of amides is 1. The molecule has 0 aliphatic carbocycles. The predicted octanol–water partition coefficient (Wildman–Crippen LogP) is 3.41. The predicted molar refractivity (Wildman–Crippen MR) is 114 cm³/mol. The van der Waals surface area contributed by atoms with E-state index in [1.54, 1.807) is 18.2 Å². The fourth-order valence-corrected chi connectivity index (χ4v) is 3.61. The second-order valence-corrected chi connectivity index (χ2v) is 8.18. The second-order valence-electron chi connectivity index (χ2n) is 6.42. The number of ether oxygens (including phenoxy) is 1. The van der Waals surface area contributed by atoms with Crippen molar-refractivity contribution in [3.05, 3.63) is 96.5 Å². The van der Waals surface area contributed by atoms with Crippen LogP contribution in [0.15, 0.2) is 84.4 Å². The molecule has 3 rings (SSSR count). The van der Waals surface area contributed by atoms with Crippen LogP contribution in [-0.2, 0) is 16.6 Å². The van der Waals surface area contributed by atoms with E-state index in [9.17, 15) is 17.6 Å². The van der Waals surface area contributed by atoms with Crippen LogP contribution < -0.4 is 14.8 Å². The molecular weight excluding hydrogens is 421 g/mol. The fourth-order valence-electron chi connectivity index (χ4n) is 2.57. The van der Waals surface area contributed by atoms with Gasteiger partial charge in [-0.15, -0.1) is 6.58 Å². The molecule has 2 N–H and O–H groups in total. The van der Waals surface area contributed by atoms with Crippen molar-refractivity contribution in [2.45, 2.75) is 11.4 Å². The summed E-state index contributed by atoms with van der Waals surface area (Å²) < 4.78 is 45.4. The van der Waals surface area contributed by atoms with E-state index in [0.29, 0.717) is 11.3 Å². The van der Waals surface area contributed by atoms with Crippen molar-refractivity contribution in [2.24, 2.45) is 0 Å². The highest BCUT2D eigenvalue weighted by molar-refractivity contribution is 7.89. The summed E-state index contributed by atoms with van der Waals surface area (Å²) in [5.41, 5.74) is 0.914. The van der Waals surface area contributed by atoms with Crippen LogP contribution in [-0.4, -0.2) is 25.9 Å². The first-order valence-electron chi connectivity index (χ1n) is 9.24. The van der Waals surface area contributed by atoms with E-state index in [2.05, 4.69) is 21.6 Å². The third-order valence-electron chi connectivity index (χ3n) is 4.09. The minimum absolute atomic E-state index is 0.0116. The Labute approximate surface area is 179 Å². The van der Waals surface area contributed by atoms with Crippen LogP contribution in [0.2, 0.25) is 0 Å². The molecule has 0 atom stereocenters. The zero-order chi connectivity index (χ0) is 22.3. The van der Waals surface area contributed by atoms with E-state index >= 15 is 0 Å². The normalized spacial score (nSPS) is 11.0. The lowest BCUT2D eigenvalue weighted by Gasteiger charge is -2.09. The number of pyridine rings is 1. The van der Waals surface area contributed by atoms with Gasteiger partial charge in [0.25, 0.3) is 5.91 Å². The third kappa shape index (κ3) is 6.21. The molecule has 0 saturated carbocycles. The summed E-state index contributed by atoms with van der Waals surface area (Å²) in [6, 6.07) is 14.7. The standard InChI is InChI=1S/C22H20FN3O4S/c1-2-11-26-31(28,29)20-8-3-5-17(12-20)22(27)25-15-16-9-10-21(24-14-16)30-19-7-4-6-18(23)13-19/h2-10,12-14,26H,1,11,15H2,(H,25,27). The molecule has 0 spiro atoms. The monoisotopic (exact) mass is 441 g/mol. The van der Waals surface area contributed by atoms with Gasteiger partial charge in [-0.25, -0.2) is 22.5 Å². The van der Waals surface area contributed by atoms with Crippen LogP contribution in [0.4, 0.5) is 4.39 Å². The first kappa shape index (κ1) is 22.1. The van der Waals surface area contributed by atoms with E-state index in [1.807, 2.05) is 0 Å². The average molecular weight is 441 g/mol. The van der Waals surface area contributed by atoms with Crippen molar-refractivity contribution < 1.29 is 22.3 Å². The number of halogens is 1. The molecule has 0 bridgehead atoms. The summed E-state index contributed by atoms with van der Waals surface area (Å²) in [6.45, 7) is 3.73. The molecule has 9 heteroatoms. The highest BCUT2D eigenvalue weighted by Crippen LogP contribution is 2.20. The summed E-state index contributed by atoms with van der Waals surface area (Å²) in [4.78, 5) is 16.6. The van der Waals surface area contributed by atoms with Crippen molar-refractivity contribution in [2.75, 3.05) is 6.54 Å². The number of carbonyl (C=O) groups excluding carboxylic acids is 1. The molecule has 0 unspecified atom stereocenters. The Morgan fingerprint density at radius 1 is 1.13 bits per heavy atom. The minimum Gasteiger partial charge on any atom is -0.439 e. The highest BCUT2D eigenvalue weighted by Gasteiger charge is 2.15. The van der Waals surface area contributed by atoms with Crippen molar-refractivity contribution in [1.29, 1.82) is 0 Å². The first-order valence-corrected chi connectivity index (χ1v) is 10.7. The minimum atomic E-state index is -3.73. The zero-order valence-electron chi connectivity index (χ0n) is 16.4. The number of hydrogen-bond donors (Lipinski definition) is 2. The van der Waals surface area contributed by atoms with E-state index in [1.165, 1.54) is 54.7 Å². The van der Waals surface area contributed by atoms with E-state index in [0.717, 1.165) is 0 Å². The van der Waals surface area contributed by atoms with E-state index in [4.69, 9.17) is 4.74 Å². The lowest BCUT2D eigenvalue weighted by molar-refractivity contribution is 0.0950. The van der Waals surface area contributed by atoms with Crippen molar-refractivity contribution in [3.8, 4) is 11.6 Å². The van der Waals surface area contributed by atoms with Gasteiger partial charge in [-0.1, -0.05) is 24.3 Å². The van der Waals surface area contributed by atoms with Gasteiger partial charge >= 0.3 is 0 Å². The quantitative estimate of drug-likeness (QED) is 0.496. The topological polar surface area (TPSA) is 97.4 Å². The number of sulfonamides is 1. The second kappa shape index (κ2) is 9.96. The number of aromatic nitrogens is 1. The van der Waals surface area contributed by atoms with Gasteiger partial charge in [0, 0.05) is 37.0 Å². The number of hydrogen-bond acceptors (Lipinski definition) is 5. The molecule has 160 valence electrons. The molecule has 0 aliphatic rings. The van der Waals surface area contributed by atoms with Gasteiger partial charge in [-0.3, -0.25) is 4.79 Å². The van der Waals surface area contributed by atoms with Gasteiger partial charge in [0.15, 0.2) is 0 Å². The number of benzene rings is 2. The van der Waals surface area contributed by atoms with Crippen LogP contribution in [0.3, 0.4) is 0 Å². The van der Waals surface area contributed by atoms with E-state index in [-0.39, 0.29) is 29.4 Å². The zero-order valence-corrected chi connectivity index (χ0v) is 17.2. The maximum absolute atomic E-state index is 13.2. The third-order valence-corrected chi connectivity index (χ3v) is 5.51. The molecule has 1 amide bonds. The fraction of sp³-hybridized carbons (Fsp3) is 0.0909. The molecule has 7 nitrogen and oxygen atoms in total. The summed E-state index contributed by atoms with van der Waals surface area (Å²) in [5.74, 6) is -0.234. The lowest BCUT2D eigenvalue weighted by atomic mass is 10.2. The largest absolute Gasteiger partial charge is 0.439 e. The molecule has 31 heavy (non-hydrogen) atoms. The van der Waals surface area contributed by atoms with Crippen LogP contribution in [0.1, 0.15) is 15.9 Å². The number of nitrogens with zero attached hydrogens (tertiary/aromatic N) is 1.